The van der Waals surface area contributed by atoms with Gasteiger partial charge in [-0.25, -0.2) is 23.5 Å². The molecule has 0 spiro atoms. The Morgan fingerprint density at radius 2 is 1.62 bits per heavy atom. The second kappa shape index (κ2) is 6.72. The van der Waals surface area contributed by atoms with Gasteiger partial charge in [0, 0.05) is 32.4 Å². The smallest absolute Gasteiger partial charge is 0.367 e. The van der Waals surface area contributed by atoms with Crippen molar-refractivity contribution in [2.45, 2.75) is 11.1 Å². The number of halogens is 3. The molecule has 1 aromatic carbocycles. The molecule has 3 rings (SSSR count). The van der Waals surface area contributed by atoms with Gasteiger partial charge < -0.3 is 9.80 Å². The van der Waals surface area contributed by atoms with Gasteiger partial charge in [0.15, 0.2) is 0 Å². The van der Waals surface area contributed by atoms with E-state index >= 15 is 0 Å². The fourth-order valence-electron chi connectivity index (χ4n) is 2.77. The molecule has 2 N–H and O–H groups in total. The number of hydrogen-bond donors (Lipinski definition) is 1. The Bertz CT molecular complexity index is 896. The number of rotatable bonds is 3. The molecule has 0 saturated carbocycles. The van der Waals surface area contributed by atoms with E-state index in [0.29, 0.717) is 31.9 Å². The Morgan fingerprint density at radius 3 is 2.23 bits per heavy atom. The Hall–Kier alpha value is -2.40. The number of para-hydroxylation sites is 1. The molecule has 7 nitrogen and oxygen atoms in total. The zero-order valence-corrected chi connectivity index (χ0v) is 14.3. The number of anilines is 2. The van der Waals surface area contributed by atoms with E-state index in [1.807, 2.05) is 4.90 Å². The first-order valence-corrected chi connectivity index (χ1v) is 9.23. The third-order valence-corrected chi connectivity index (χ3v) is 4.97. The van der Waals surface area contributed by atoms with Crippen molar-refractivity contribution in [2.24, 2.45) is 5.14 Å². The highest BCUT2D eigenvalue weighted by Gasteiger charge is 2.33. The number of sulfonamides is 1. The van der Waals surface area contributed by atoms with Crippen LogP contribution >= 0.6 is 0 Å². The first kappa shape index (κ1) is 18.4. The van der Waals surface area contributed by atoms with Crippen LogP contribution in [0, 0.1) is 0 Å². The van der Waals surface area contributed by atoms with Crippen molar-refractivity contribution in [3.63, 3.8) is 0 Å². The lowest BCUT2D eigenvalue weighted by atomic mass is 10.2. The molecule has 2 heterocycles. The van der Waals surface area contributed by atoms with E-state index in [9.17, 15) is 21.6 Å². The lowest BCUT2D eigenvalue weighted by Gasteiger charge is -2.36. The summed E-state index contributed by atoms with van der Waals surface area (Å²) in [5.74, 6) is -0.000735. The lowest BCUT2D eigenvalue weighted by molar-refractivity contribution is -0.141. The van der Waals surface area contributed by atoms with Gasteiger partial charge in [0.2, 0.25) is 16.0 Å². The summed E-state index contributed by atoms with van der Waals surface area (Å²) >= 11 is 0. The maximum Gasteiger partial charge on any atom is 0.433 e. The second-order valence-electron chi connectivity index (χ2n) is 5.73. The van der Waals surface area contributed by atoms with Crippen LogP contribution < -0.4 is 14.9 Å². The molecule has 1 fully saturated rings. The predicted octanol–water partition coefficient (Wildman–Crippen LogP) is 1.47. The van der Waals surface area contributed by atoms with E-state index in [4.69, 9.17) is 5.14 Å². The summed E-state index contributed by atoms with van der Waals surface area (Å²) in [6.07, 6.45) is -3.46. The second-order valence-corrected chi connectivity index (χ2v) is 7.26. The molecule has 1 aliphatic rings. The zero-order valence-electron chi connectivity index (χ0n) is 13.5. The minimum atomic E-state index is -4.53. The molecule has 1 aromatic heterocycles. The average molecular weight is 387 g/mol. The SMILES string of the molecule is NS(=O)(=O)c1ccccc1N1CCN(c2nccc(C(F)(F)F)n2)CC1. The molecule has 11 heteroatoms. The fraction of sp³-hybridized carbons (Fsp3) is 0.333. The van der Waals surface area contributed by atoms with Crippen molar-refractivity contribution in [1.29, 1.82) is 0 Å². The molecule has 140 valence electrons. The first-order valence-electron chi connectivity index (χ1n) is 7.68. The van der Waals surface area contributed by atoms with Crippen molar-refractivity contribution < 1.29 is 21.6 Å². The first-order chi connectivity index (χ1) is 12.2. The van der Waals surface area contributed by atoms with Gasteiger partial charge in [0.25, 0.3) is 0 Å². The van der Waals surface area contributed by atoms with Crippen molar-refractivity contribution >= 4 is 21.7 Å². The number of hydrogen-bond acceptors (Lipinski definition) is 6. The minimum absolute atomic E-state index is 0.000735. The maximum atomic E-state index is 12.8. The summed E-state index contributed by atoms with van der Waals surface area (Å²) in [5, 5.41) is 5.25. The van der Waals surface area contributed by atoms with Crippen LogP contribution in [0.4, 0.5) is 24.8 Å². The zero-order chi connectivity index (χ0) is 18.9. The molecular weight excluding hydrogens is 371 g/mol. The average Bonchev–Trinajstić information content (AvgIpc) is 2.61. The topological polar surface area (TPSA) is 92.4 Å². The normalized spacial score (nSPS) is 16.0. The van der Waals surface area contributed by atoms with Crippen LogP contribution in [0.1, 0.15) is 5.69 Å². The standard InChI is InChI=1S/C15H16F3N5O2S/c16-15(17,18)13-5-6-20-14(21-13)23-9-7-22(8-10-23)11-3-1-2-4-12(11)26(19,24)25/h1-6H,7-10H2,(H2,19,24,25). The van der Waals surface area contributed by atoms with Crippen molar-refractivity contribution in [2.75, 3.05) is 36.0 Å². The third kappa shape index (κ3) is 3.88. The number of benzene rings is 1. The van der Waals surface area contributed by atoms with E-state index in [1.165, 1.54) is 6.07 Å². The van der Waals surface area contributed by atoms with Crippen LogP contribution in [0.5, 0.6) is 0 Å². The Morgan fingerprint density at radius 1 is 1.00 bits per heavy atom. The quantitative estimate of drug-likeness (QED) is 0.858. The highest BCUT2D eigenvalue weighted by molar-refractivity contribution is 7.89. The summed E-state index contributed by atoms with van der Waals surface area (Å²) in [4.78, 5) is 11.0. The largest absolute Gasteiger partial charge is 0.433 e. The lowest BCUT2D eigenvalue weighted by Crippen LogP contribution is -2.47. The molecule has 0 amide bonds. The number of primary sulfonamides is 1. The van der Waals surface area contributed by atoms with E-state index in [1.54, 1.807) is 23.1 Å². The van der Waals surface area contributed by atoms with Crippen LogP contribution in [0.25, 0.3) is 0 Å². The van der Waals surface area contributed by atoms with Gasteiger partial charge in [0.05, 0.1) is 5.69 Å². The predicted molar refractivity (Wildman–Crippen MR) is 89.3 cm³/mol. The summed E-state index contributed by atoms with van der Waals surface area (Å²) in [5.41, 5.74) is -0.524. The van der Waals surface area contributed by atoms with Gasteiger partial charge in [-0.2, -0.15) is 13.2 Å². The summed E-state index contributed by atoms with van der Waals surface area (Å²) < 4.78 is 61.8. The molecule has 0 atom stereocenters. The third-order valence-electron chi connectivity index (χ3n) is 4.01. The maximum absolute atomic E-state index is 12.8. The molecule has 1 aliphatic heterocycles. The number of aromatic nitrogens is 2. The van der Waals surface area contributed by atoms with Crippen molar-refractivity contribution in [3.05, 3.63) is 42.2 Å². The minimum Gasteiger partial charge on any atom is -0.367 e. The van der Waals surface area contributed by atoms with Crippen molar-refractivity contribution in [3.8, 4) is 0 Å². The number of nitrogens with zero attached hydrogens (tertiary/aromatic N) is 4. The van der Waals surface area contributed by atoms with E-state index < -0.39 is 21.9 Å². The van der Waals surface area contributed by atoms with Crippen LogP contribution in [-0.2, 0) is 16.2 Å². The number of nitrogens with two attached hydrogens (primary N) is 1. The highest BCUT2D eigenvalue weighted by atomic mass is 32.2. The van der Waals surface area contributed by atoms with Crippen LogP contribution in [-0.4, -0.2) is 44.6 Å². The monoisotopic (exact) mass is 387 g/mol. The Kier molecular flexibility index (Phi) is 4.76. The Balaban J connectivity index is 1.77. The van der Waals surface area contributed by atoms with E-state index in [-0.39, 0.29) is 10.8 Å². The molecule has 26 heavy (non-hydrogen) atoms. The van der Waals surface area contributed by atoms with E-state index in [0.717, 1.165) is 12.3 Å². The van der Waals surface area contributed by atoms with Gasteiger partial charge >= 0.3 is 6.18 Å². The Labute approximate surface area is 148 Å². The van der Waals surface area contributed by atoms with Gasteiger partial charge in [-0.3, -0.25) is 0 Å². The molecule has 0 bridgehead atoms. The van der Waals surface area contributed by atoms with E-state index in [2.05, 4.69) is 9.97 Å². The number of alkyl halides is 3. The van der Waals surface area contributed by atoms with Crippen molar-refractivity contribution in [1.82, 2.24) is 9.97 Å². The summed E-state index contributed by atoms with van der Waals surface area (Å²) in [6, 6.07) is 7.17. The van der Waals surface area contributed by atoms with Crippen LogP contribution in [0.3, 0.4) is 0 Å². The molecule has 0 radical (unpaired) electrons. The van der Waals surface area contributed by atoms with Gasteiger partial charge in [-0.05, 0) is 18.2 Å². The van der Waals surface area contributed by atoms with Gasteiger partial charge in [-0.15, -0.1) is 0 Å². The summed E-state index contributed by atoms with van der Waals surface area (Å²) in [6.45, 7) is 1.48. The van der Waals surface area contributed by atoms with Gasteiger partial charge in [0.1, 0.15) is 10.6 Å². The molecule has 1 saturated heterocycles. The molecule has 2 aromatic rings. The van der Waals surface area contributed by atoms with Gasteiger partial charge in [-0.1, -0.05) is 12.1 Å². The number of piperazine rings is 1. The fourth-order valence-corrected chi connectivity index (χ4v) is 3.52. The summed E-state index contributed by atoms with van der Waals surface area (Å²) in [7, 11) is -3.88. The molecular formula is C15H16F3N5O2S. The molecule has 0 unspecified atom stereocenters. The van der Waals surface area contributed by atoms with Crippen LogP contribution in [0.15, 0.2) is 41.4 Å². The van der Waals surface area contributed by atoms with Crippen LogP contribution in [0.2, 0.25) is 0 Å². The molecule has 0 aliphatic carbocycles. The highest BCUT2D eigenvalue weighted by Crippen LogP contribution is 2.29.